The number of halogens is 3. The average molecular weight is 380 g/mol. The van der Waals surface area contributed by atoms with Gasteiger partial charge in [0.05, 0.1) is 24.8 Å². The fourth-order valence-electron chi connectivity index (χ4n) is 2.62. The van der Waals surface area contributed by atoms with Crippen molar-refractivity contribution in [3.8, 4) is 0 Å². The maximum Gasteiger partial charge on any atom is 0.277 e. The van der Waals surface area contributed by atoms with Gasteiger partial charge in [0.15, 0.2) is 0 Å². The van der Waals surface area contributed by atoms with Gasteiger partial charge in [0.1, 0.15) is 6.54 Å². The Morgan fingerprint density at radius 3 is 2.64 bits per heavy atom. The van der Waals surface area contributed by atoms with Crippen LogP contribution in [0, 0.1) is 0 Å². The molecule has 0 unspecified atom stereocenters. The van der Waals surface area contributed by atoms with Gasteiger partial charge in [-0.3, -0.25) is 14.3 Å². The maximum atomic E-state index is 13.0. The monoisotopic (exact) mass is 379 g/mol. The van der Waals surface area contributed by atoms with Crippen LogP contribution in [0.3, 0.4) is 0 Å². The molecule has 7 nitrogen and oxygen atoms in total. The number of nitrogens with zero attached hydrogens (tertiary/aromatic N) is 2. The van der Waals surface area contributed by atoms with Crippen LogP contribution in [0.2, 0.25) is 0 Å². The Balaban J connectivity index is 0.00000312. The molecule has 1 aliphatic carbocycles. The molecule has 0 radical (unpaired) electrons. The normalized spacial score (nSPS) is 15.3. The highest BCUT2D eigenvalue weighted by Crippen LogP contribution is 2.17. The molecule has 0 aromatic carbocycles. The van der Waals surface area contributed by atoms with Crippen molar-refractivity contribution in [3.63, 3.8) is 0 Å². The number of carbonyl (C=O) groups excluding carboxylic acids is 2. The van der Waals surface area contributed by atoms with Crippen molar-refractivity contribution in [3.05, 3.63) is 18.0 Å². The van der Waals surface area contributed by atoms with E-state index < -0.39 is 24.9 Å². The number of aromatic nitrogens is 2. The zero-order valence-corrected chi connectivity index (χ0v) is 14.7. The number of amides is 2. The Hall–Kier alpha value is -1.74. The van der Waals surface area contributed by atoms with E-state index in [1.165, 1.54) is 23.5 Å². The van der Waals surface area contributed by atoms with E-state index in [2.05, 4.69) is 15.7 Å². The minimum atomic E-state index is -3.15. The van der Waals surface area contributed by atoms with Crippen molar-refractivity contribution < 1.29 is 18.4 Å². The van der Waals surface area contributed by atoms with Crippen LogP contribution in [-0.2, 0) is 11.3 Å². The molecule has 0 atom stereocenters. The van der Waals surface area contributed by atoms with Gasteiger partial charge in [0.25, 0.3) is 11.8 Å². The molecule has 1 saturated carbocycles. The number of nitrogens with one attached hydrogen (secondary N) is 2. The smallest absolute Gasteiger partial charge is 0.277 e. The Labute approximate surface area is 151 Å². The highest BCUT2D eigenvalue weighted by Gasteiger charge is 2.27. The van der Waals surface area contributed by atoms with E-state index in [1.54, 1.807) is 0 Å². The fourth-order valence-corrected chi connectivity index (χ4v) is 2.62. The van der Waals surface area contributed by atoms with Crippen LogP contribution in [0.5, 0.6) is 0 Å². The van der Waals surface area contributed by atoms with Gasteiger partial charge in [-0.15, -0.1) is 12.4 Å². The first-order valence-electron chi connectivity index (χ1n) is 8.07. The number of hydrogen-bond acceptors (Lipinski definition) is 4. The Morgan fingerprint density at radius 1 is 1.32 bits per heavy atom. The maximum absolute atomic E-state index is 13.0. The second-order valence-corrected chi connectivity index (χ2v) is 6.07. The topological polar surface area (TPSA) is 102 Å². The summed E-state index contributed by atoms with van der Waals surface area (Å²) in [5.41, 5.74) is 5.02. The first kappa shape index (κ1) is 21.3. The van der Waals surface area contributed by atoms with Gasteiger partial charge in [-0.1, -0.05) is 19.3 Å². The predicted octanol–water partition coefficient (Wildman–Crippen LogP) is 1.08. The molecule has 2 rings (SSSR count). The van der Waals surface area contributed by atoms with E-state index in [1.807, 2.05) is 0 Å². The second kappa shape index (κ2) is 9.67. The van der Waals surface area contributed by atoms with Crippen molar-refractivity contribution in [2.24, 2.45) is 5.73 Å². The van der Waals surface area contributed by atoms with Crippen molar-refractivity contribution in [2.75, 3.05) is 13.1 Å². The highest BCUT2D eigenvalue weighted by atomic mass is 35.5. The number of carbonyl (C=O) groups is 2. The summed E-state index contributed by atoms with van der Waals surface area (Å²) in [5, 5.41) is 8.96. The highest BCUT2D eigenvalue weighted by molar-refractivity contribution is 5.93. The quantitative estimate of drug-likeness (QED) is 0.659. The summed E-state index contributed by atoms with van der Waals surface area (Å²) in [6.07, 6.45) is 7.99. The Bertz CT molecular complexity index is 576. The summed E-state index contributed by atoms with van der Waals surface area (Å²) in [4.78, 5) is 23.8. The molecule has 1 heterocycles. The van der Waals surface area contributed by atoms with Crippen LogP contribution in [0.25, 0.3) is 0 Å². The summed E-state index contributed by atoms with van der Waals surface area (Å²) in [5.74, 6) is -4.00. The minimum absolute atomic E-state index is 0. The molecule has 1 aliphatic rings. The van der Waals surface area contributed by atoms with Gasteiger partial charge in [0.2, 0.25) is 5.91 Å². The molecule has 0 aliphatic heterocycles. The molecular weight excluding hydrogens is 356 g/mol. The van der Waals surface area contributed by atoms with Crippen LogP contribution < -0.4 is 16.4 Å². The van der Waals surface area contributed by atoms with Crippen LogP contribution >= 0.6 is 12.4 Å². The van der Waals surface area contributed by atoms with Gasteiger partial charge in [-0.05, 0) is 12.8 Å². The van der Waals surface area contributed by atoms with Crippen LogP contribution in [0.1, 0.15) is 42.5 Å². The first-order valence-corrected chi connectivity index (χ1v) is 8.07. The lowest BCUT2D eigenvalue weighted by molar-refractivity contribution is -0.122. The zero-order chi connectivity index (χ0) is 17.6. The standard InChI is InChI=1S/C15H23F2N5O2.ClH/c16-15(17,9-18)10-19-14(24)11-6-20-22(7-11)8-13(23)21-12-4-2-1-3-5-12;/h6-7,12H,1-5,8-10,18H2,(H,19,24)(H,21,23);1H. The molecule has 25 heavy (non-hydrogen) atoms. The number of alkyl halides is 2. The zero-order valence-electron chi connectivity index (χ0n) is 13.8. The minimum Gasteiger partial charge on any atom is -0.352 e. The molecule has 4 N–H and O–H groups in total. The lowest BCUT2D eigenvalue weighted by atomic mass is 9.95. The largest absolute Gasteiger partial charge is 0.352 e. The Kier molecular flexibility index (Phi) is 8.24. The third-order valence-corrected chi connectivity index (χ3v) is 3.98. The van der Waals surface area contributed by atoms with Gasteiger partial charge >= 0.3 is 0 Å². The number of hydrogen-bond donors (Lipinski definition) is 3. The van der Waals surface area contributed by atoms with Crippen molar-refractivity contribution in [2.45, 2.75) is 50.6 Å². The van der Waals surface area contributed by atoms with E-state index >= 15 is 0 Å². The van der Waals surface area contributed by atoms with Crippen molar-refractivity contribution >= 4 is 24.2 Å². The van der Waals surface area contributed by atoms with Gasteiger partial charge < -0.3 is 16.4 Å². The second-order valence-electron chi connectivity index (χ2n) is 6.07. The van der Waals surface area contributed by atoms with E-state index in [-0.39, 0.29) is 36.5 Å². The molecule has 0 spiro atoms. The van der Waals surface area contributed by atoms with E-state index in [0.29, 0.717) is 0 Å². The predicted molar refractivity (Wildman–Crippen MR) is 90.8 cm³/mol. The summed E-state index contributed by atoms with van der Waals surface area (Å²) in [7, 11) is 0. The lowest BCUT2D eigenvalue weighted by Crippen LogP contribution is -2.41. The molecule has 1 aromatic heterocycles. The summed E-state index contributed by atoms with van der Waals surface area (Å²) >= 11 is 0. The SMILES string of the molecule is Cl.NCC(F)(F)CNC(=O)c1cnn(CC(=O)NC2CCCCC2)c1. The molecule has 0 saturated heterocycles. The van der Waals surface area contributed by atoms with E-state index in [4.69, 9.17) is 5.73 Å². The summed E-state index contributed by atoms with van der Waals surface area (Å²) < 4.78 is 27.3. The average Bonchev–Trinajstić information content (AvgIpc) is 3.02. The Morgan fingerprint density at radius 2 is 2.00 bits per heavy atom. The van der Waals surface area contributed by atoms with Gasteiger partial charge in [0, 0.05) is 12.2 Å². The third-order valence-electron chi connectivity index (χ3n) is 3.98. The van der Waals surface area contributed by atoms with Crippen molar-refractivity contribution in [1.82, 2.24) is 20.4 Å². The summed E-state index contributed by atoms with van der Waals surface area (Å²) in [6, 6.07) is 0.197. The molecule has 142 valence electrons. The molecule has 0 bridgehead atoms. The first-order chi connectivity index (χ1) is 11.4. The van der Waals surface area contributed by atoms with Crippen molar-refractivity contribution in [1.29, 1.82) is 0 Å². The van der Waals surface area contributed by atoms with Gasteiger partial charge in [-0.25, -0.2) is 8.78 Å². The van der Waals surface area contributed by atoms with Crippen LogP contribution in [0.15, 0.2) is 12.4 Å². The molecular formula is C15H24ClF2N5O2. The van der Waals surface area contributed by atoms with Crippen LogP contribution in [-0.4, -0.2) is 46.6 Å². The number of rotatable bonds is 7. The van der Waals surface area contributed by atoms with Crippen LogP contribution in [0.4, 0.5) is 8.78 Å². The molecule has 1 aromatic rings. The molecule has 1 fully saturated rings. The van der Waals surface area contributed by atoms with E-state index in [9.17, 15) is 18.4 Å². The molecule has 2 amide bonds. The third kappa shape index (κ3) is 6.95. The fraction of sp³-hybridized carbons (Fsp3) is 0.667. The lowest BCUT2D eigenvalue weighted by Gasteiger charge is -2.22. The van der Waals surface area contributed by atoms with Gasteiger partial charge in [-0.2, -0.15) is 5.10 Å². The summed E-state index contributed by atoms with van der Waals surface area (Å²) in [6.45, 7) is -1.69. The molecule has 10 heteroatoms. The number of nitrogens with two attached hydrogens (primary N) is 1. The van der Waals surface area contributed by atoms with E-state index in [0.717, 1.165) is 25.7 Å².